The molecule has 0 aromatic heterocycles. The van der Waals surface area contributed by atoms with Gasteiger partial charge in [0.15, 0.2) is 5.84 Å². The summed E-state index contributed by atoms with van der Waals surface area (Å²) in [6.07, 6.45) is 0. The normalized spacial score (nSPS) is 14.2. The van der Waals surface area contributed by atoms with Crippen molar-refractivity contribution in [2.24, 2.45) is 4.40 Å². The molecule has 26 heavy (non-hydrogen) atoms. The molecule has 0 spiro atoms. The van der Waals surface area contributed by atoms with Crippen LogP contribution in [0.4, 0.5) is 32.0 Å². The highest BCUT2D eigenvalue weighted by Gasteiger charge is 2.49. The number of halogens is 6. The quantitative estimate of drug-likeness (QED) is 0.254. The maximum atomic E-state index is 12.4. The molecule has 0 aliphatic carbocycles. The van der Waals surface area contributed by atoms with Crippen LogP contribution < -0.4 is 4.72 Å². The number of benzene rings is 1. The van der Waals surface area contributed by atoms with Crippen molar-refractivity contribution in [3.8, 4) is 0 Å². The fourth-order valence-electron chi connectivity index (χ4n) is 1.23. The van der Waals surface area contributed by atoms with E-state index in [2.05, 4.69) is 0 Å². The largest absolute Gasteiger partial charge is 0.518 e. The van der Waals surface area contributed by atoms with Gasteiger partial charge in [0, 0.05) is 17.7 Å². The number of nitrogens with one attached hydrogen (secondary N) is 1. The summed E-state index contributed by atoms with van der Waals surface area (Å²) >= 11 is 0. The molecule has 1 aromatic carbocycles. The fraction of sp³-hybridized carbons (Fsp3) is 0.222. The minimum absolute atomic E-state index is 0.502. The zero-order valence-corrected chi connectivity index (χ0v) is 13.4. The molecule has 0 saturated heterocycles. The number of non-ortho nitro benzene ring substituents is 1. The predicted octanol–water partition coefficient (Wildman–Crippen LogP) is 1.63. The molecule has 0 fully saturated rings. The second-order valence-electron chi connectivity index (χ2n) is 4.22. The highest BCUT2D eigenvalue weighted by Crippen LogP contribution is 2.27. The molecule has 146 valence electrons. The van der Waals surface area contributed by atoms with Gasteiger partial charge in [0.1, 0.15) is 0 Å². The predicted molar refractivity (Wildman–Crippen MR) is 72.7 cm³/mol. The van der Waals surface area contributed by atoms with E-state index in [4.69, 9.17) is 0 Å². The number of hydrogen-bond donors (Lipinski definition) is 1. The maximum absolute atomic E-state index is 12.4. The molecular formula is C9H5F6N3O6S2. The van der Waals surface area contributed by atoms with Crippen LogP contribution in [-0.4, -0.2) is 38.6 Å². The third-order valence-electron chi connectivity index (χ3n) is 2.39. The summed E-state index contributed by atoms with van der Waals surface area (Å²) in [5, 5.41) is 10.5. The van der Waals surface area contributed by atoms with Crippen molar-refractivity contribution >= 4 is 31.6 Å². The Hall–Kier alpha value is -2.43. The average Bonchev–Trinajstić information content (AvgIpc) is 2.43. The topological polar surface area (TPSA) is 136 Å². The lowest BCUT2D eigenvalue weighted by Crippen LogP contribution is -2.41. The Labute approximate surface area is 140 Å². The van der Waals surface area contributed by atoms with Gasteiger partial charge in [-0.25, -0.2) is 0 Å². The molecule has 0 aliphatic rings. The van der Waals surface area contributed by atoms with Gasteiger partial charge >= 0.3 is 31.1 Å². The van der Waals surface area contributed by atoms with E-state index in [0.717, 1.165) is 0 Å². The number of sulfonamides is 2. The van der Waals surface area contributed by atoms with Crippen LogP contribution in [0.1, 0.15) is 5.56 Å². The van der Waals surface area contributed by atoms with E-state index in [9.17, 15) is 53.3 Å². The molecule has 1 N–H and O–H groups in total. The summed E-state index contributed by atoms with van der Waals surface area (Å²) in [5.41, 5.74) is -13.6. The van der Waals surface area contributed by atoms with Crippen molar-refractivity contribution in [3.05, 3.63) is 39.9 Å². The summed E-state index contributed by atoms with van der Waals surface area (Å²) in [6.45, 7) is 0. The standard InChI is InChI=1S/C9H5F6N3O6S2/c10-8(11,12)25(21,22)16-7(17-26(23,24)9(13,14)15)5-1-3-6(4-2-5)18(19)20/h1-4H,(H,16,17). The van der Waals surface area contributed by atoms with Gasteiger partial charge in [-0.3, -0.25) is 14.8 Å². The Kier molecular flexibility index (Phi) is 5.57. The van der Waals surface area contributed by atoms with E-state index in [1.807, 2.05) is 4.40 Å². The van der Waals surface area contributed by atoms with Gasteiger partial charge in [-0.15, -0.1) is 4.40 Å². The number of alkyl halides is 6. The van der Waals surface area contributed by atoms with E-state index in [1.165, 1.54) is 0 Å². The van der Waals surface area contributed by atoms with E-state index in [-0.39, 0.29) is 0 Å². The molecule has 0 atom stereocenters. The molecule has 0 saturated carbocycles. The van der Waals surface area contributed by atoms with Crippen molar-refractivity contribution in [2.75, 3.05) is 0 Å². The van der Waals surface area contributed by atoms with E-state index < -0.39 is 53.1 Å². The Balaban J connectivity index is 3.56. The Morgan fingerprint density at radius 1 is 0.962 bits per heavy atom. The van der Waals surface area contributed by atoms with Crippen LogP contribution in [0.2, 0.25) is 0 Å². The first-order valence-electron chi connectivity index (χ1n) is 5.73. The smallest absolute Gasteiger partial charge is 0.259 e. The molecule has 0 radical (unpaired) electrons. The number of nitrogens with zero attached hydrogens (tertiary/aromatic N) is 2. The Morgan fingerprint density at radius 3 is 1.77 bits per heavy atom. The number of rotatable bonds is 4. The molecule has 1 aromatic rings. The molecule has 0 aliphatic heterocycles. The van der Waals surface area contributed by atoms with Crippen LogP contribution in [0.25, 0.3) is 0 Å². The number of nitro benzene ring substituents is 1. The highest BCUT2D eigenvalue weighted by molar-refractivity contribution is 7.92. The van der Waals surface area contributed by atoms with Crippen molar-refractivity contribution < 1.29 is 48.1 Å². The first-order valence-corrected chi connectivity index (χ1v) is 8.65. The molecule has 0 amide bonds. The molecular weight excluding hydrogens is 424 g/mol. The molecule has 17 heteroatoms. The van der Waals surface area contributed by atoms with E-state index in [1.54, 1.807) is 0 Å². The van der Waals surface area contributed by atoms with Crippen LogP contribution in [-0.2, 0) is 20.0 Å². The van der Waals surface area contributed by atoms with E-state index in [0.29, 0.717) is 29.0 Å². The lowest BCUT2D eigenvalue weighted by Gasteiger charge is -2.13. The Morgan fingerprint density at radius 2 is 1.42 bits per heavy atom. The van der Waals surface area contributed by atoms with E-state index >= 15 is 0 Å². The summed E-state index contributed by atoms with van der Waals surface area (Å²) in [6, 6.07) is 2.16. The zero-order chi connectivity index (χ0) is 20.6. The van der Waals surface area contributed by atoms with Crippen molar-refractivity contribution in [3.63, 3.8) is 0 Å². The van der Waals surface area contributed by atoms with Gasteiger partial charge in [0.25, 0.3) is 5.69 Å². The molecule has 0 heterocycles. The summed E-state index contributed by atoms with van der Waals surface area (Å²) in [5.74, 6) is -1.85. The van der Waals surface area contributed by atoms with Crippen LogP contribution in [0.15, 0.2) is 28.7 Å². The molecule has 0 bridgehead atoms. The first-order chi connectivity index (χ1) is 11.5. The summed E-state index contributed by atoms with van der Waals surface area (Å²) in [7, 11) is -12.8. The van der Waals surface area contributed by atoms with Gasteiger partial charge in [0.2, 0.25) is 0 Å². The third-order valence-corrected chi connectivity index (χ3v) is 4.47. The van der Waals surface area contributed by atoms with Crippen LogP contribution in [0.3, 0.4) is 0 Å². The fourth-order valence-corrected chi connectivity index (χ4v) is 2.31. The monoisotopic (exact) mass is 429 g/mol. The van der Waals surface area contributed by atoms with Gasteiger partial charge in [-0.1, -0.05) is 0 Å². The lowest BCUT2D eigenvalue weighted by atomic mass is 10.2. The number of hydrogen-bond acceptors (Lipinski definition) is 6. The second kappa shape index (κ2) is 6.71. The SMILES string of the molecule is O=[N+]([O-])c1ccc(/C(=N\S(=O)(=O)C(F)(F)F)NS(=O)(=O)C(F)(F)F)cc1. The number of amidine groups is 1. The summed E-state index contributed by atoms with van der Waals surface area (Å²) in [4.78, 5) is 9.49. The minimum atomic E-state index is -6.43. The first kappa shape index (κ1) is 21.6. The summed E-state index contributed by atoms with van der Waals surface area (Å²) < 4.78 is 121. The van der Waals surface area contributed by atoms with Gasteiger partial charge in [-0.05, 0) is 12.1 Å². The van der Waals surface area contributed by atoms with Crippen molar-refractivity contribution in [2.45, 2.75) is 11.0 Å². The highest BCUT2D eigenvalue weighted by atomic mass is 32.2. The second-order valence-corrected chi connectivity index (χ2v) is 7.49. The van der Waals surface area contributed by atoms with Gasteiger partial charge in [-0.2, -0.15) is 43.2 Å². The zero-order valence-electron chi connectivity index (χ0n) is 11.7. The van der Waals surface area contributed by atoms with Crippen molar-refractivity contribution in [1.82, 2.24) is 4.72 Å². The average molecular weight is 429 g/mol. The van der Waals surface area contributed by atoms with Crippen LogP contribution in [0, 0.1) is 10.1 Å². The minimum Gasteiger partial charge on any atom is -0.259 e. The van der Waals surface area contributed by atoms with Crippen LogP contribution >= 0.6 is 0 Å². The molecule has 0 unspecified atom stereocenters. The van der Waals surface area contributed by atoms with Gasteiger partial charge < -0.3 is 0 Å². The van der Waals surface area contributed by atoms with Crippen molar-refractivity contribution in [1.29, 1.82) is 0 Å². The third kappa shape index (κ3) is 4.81. The Bertz CT molecular complexity index is 934. The van der Waals surface area contributed by atoms with Gasteiger partial charge in [0.05, 0.1) is 4.92 Å². The molecule has 1 rings (SSSR count). The maximum Gasteiger partial charge on any atom is 0.518 e. The lowest BCUT2D eigenvalue weighted by molar-refractivity contribution is -0.384. The van der Waals surface area contributed by atoms with Crippen LogP contribution in [0.5, 0.6) is 0 Å². The number of nitro groups is 1. The molecule has 9 nitrogen and oxygen atoms in total.